The molecule has 0 spiro atoms. The average Bonchev–Trinajstić information content (AvgIpc) is 3.07. The SMILES string of the molecule is C=CC(=C)Nc1ccc(CCn2c(=O)c(-c3cc(OC)cc(OC)c3Cl)cc3cnc(NCCCN4CCOCC4)nc32)cc1. The van der Waals surface area contributed by atoms with E-state index in [1.54, 1.807) is 42.1 Å². The Hall–Kier alpha value is -4.38. The number of nitrogens with one attached hydrogen (secondary N) is 2. The molecule has 0 amide bonds. The van der Waals surface area contributed by atoms with Crippen molar-refractivity contribution in [3.8, 4) is 22.6 Å². The summed E-state index contributed by atoms with van der Waals surface area (Å²) in [5.74, 6) is 1.42. The fourth-order valence-electron chi connectivity index (χ4n) is 5.24. The smallest absolute Gasteiger partial charge is 0.260 e. The van der Waals surface area contributed by atoms with Gasteiger partial charge in [0.2, 0.25) is 5.95 Å². The second-order valence-corrected chi connectivity index (χ2v) is 11.1. The van der Waals surface area contributed by atoms with Gasteiger partial charge in [0.1, 0.15) is 17.1 Å². The summed E-state index contributed by atoms with van der Waals surface area (Å²) in [4.78, 5) is 26.0. The van der Waals surface area contributed by atoms with E-state index < -0.39 is 0 Å². The van der Waals surface area contributed by atoms with Crippen LogP contribution in [0, 0.1) is 0 Å². The van der Waals surface area contributed by atoms with Crippen molar-refractivity contribution in [3.05, 3.63) is 94.5 Å². The highest BCUT2D eigenvalue weighted by Crippen LogP contribution is 2.38. The van der Waals surface area contributed by atoms with Crippen molar-refractivity contribution < 1.29 is 14.2 Å². The van der Waals surface area contributed by atoms with E-state index in [-0.39, 0.29) is 5.56 Å². The number of benzene rings is 2. The highest BCUT2D eigenvalue weighted by molar-refractivity contribution is 6.35. The summed E-state index contributed by atoms with van der Waals surface area (Å²) >= 11 is 6.74. The number of allylic oxidation sites excluding steroid dienone is 1. The molecule has 1 fully saturated rings. The zero-order valence-corrected chi connectivity index (χ0v) is 26.5. The maximum Gasteiger partial charge on any atom is 0.260 e. The Morgan fingerprint density at radius 1 is 1.09 bits per heavy atom. The van der Waals surface area contributed by atoms with Crippen LogP contribution in [0.15, 0.2) is 78.4 Å². The lowest BCUT2D eigenvalue weighted by molar-refractivity contribution is 0.0378. The Morgan fingerprint density at radius 3 is 2.58 bits per heavy atom. The van der Waals surface area contributed by atoms with Crippen molar-refractivity contribution in [2.24, 2.45) is 0 Å². The van der Waals surface area contributed by atoms with E-state index >= 15 is 0 Å². The van der Waals surface area contributed by atoms with Crippen LogP contribution in [0.1, 0.15) is 12.0 Å². The van der Waals surface area contributed by atoms with Crippen molar-refractivity contribution in [1.82, 2.24) is 19.4 Å². The molecule has 1 aliphatic rings. The number of pyridine rings is 1. The third-order valence-electron chi connectivity index (χ3n) is 7.75. The van der Waals surface area contributed by atoms with Gasteiger partial charge in [0.05, 0.1) is 32.5 Å². The first kappa shape index (κ1) is 32.0. The molecule has 2 N–H and O–H groups in total. The average molecular weight is 631 g/mol. The van der Waals surface area contributed by atoms with Gasteiger partial charge < -0.3 is 24.8 Å². The van der Waals surface area contributed by atoms with E-state index in [0.717, 1.165) is 56.2 Å². The van der Waals surface area contributed by atoms with Crippen LogP contribution in [0.25, 0.3) is 22.2 Å². The van der Waals surface area contributed by atoms with Crippen LogP contribution in [0.3, 0.4) is 0 Å². The number of hydrogen-bond acceptors (Lipinski definition) is 9. The number of fused-ring (bicyclic) bond motifs is 1. The molecule has 0 radical (unpaired) electrons. The number of anilines is 2. The second kappa shape index (κ2) is 15.1. The molecular weight excluding hydrogens is 592 g/mol. The van der Waals surface area contributed by atoms with Crippen molar-refractivity contribution >= 4 is 34.3 Å². The van der Waals surface area contributed by atoms with Gasteiger partial charge in [0, 0.05) is 66.3 Å². The molecule has 10 nitrogen and oxygen atoms in total. The summed E-state index contributed by atoms with van der Waals surface area (Å²) in [6, 6.07) is 13.2. The highest BCUT2D eigenvalue weighted by Gasteiger charge is 2.19. The van der Waals surface area contributed by atoms with Gasteiger partial charge in [0.15, 0.2) is 0 Å². The van der Waals surface area contributed by atoms with Gasteiger partial charge in [-0.1, -0.05) is 36.9 Å². The van der Waals surface area contributed by atoms with E-state index in [9.17, 15) is 4.79 Å². The largest absolute Gasteiger partial charge is 0.497 e. The molecule has 0 bridgehead atoms. The van der Waals surface area contributed by atoms with Gasteiger partial charge in [0.25, 0.3) is 5.56 Å². The van der Waals surface area contributed by atoms with E-state index in [0.29, 0.717) is 64.1 Å². The molecule has 0 aliphatic carbocycles. The lowest BCUT2D eigenvalue weighted by atomic mass is 10.0. The number of aromatic nitrogens is 3. The summed E-state index contributed by atoms with van der Waals surface area (Å²) in [6.07, 6.45) is 4.94. The predicted molar refractivity (Wildman–Crippen MR) is 181 cm³/mol. The van der Waals surface area contributed by atoms with Gasteiger partial charge in [-0.15, -0.1) is 0 Å². The zero-order valence-electron chi connectivity index (χ0n) is 25.8. The summed E-state index contributed by atoms with van der Waals surface area (Å²) in [6.45, 7) is 13.2. The van der Waals surface area contributed by atoms with Gasteiger partial charge in [-0.3, -0.25) is 14.3 Å². The number of nitrogens with zero attached hydrogens (tertiary/aromatic N) is 4. The number of aryl methyl sites for hydroxylation is 2. The molecule has 11 heteroatoms. The second-order valence-electron chi connectivity index (χ2n) is 10.7. The van der Waals surface area contributed by atoms with Gasteiger partial charge in [-0.2, -0.15) is 4.98 Å². The van der Waals surface area contributed by atoms with Crippen molar-refractivity contribution in [2.45, 2.75) is 19.4 Å². The number of methoxy groups -OCH3 is 2. The predicted octanol–water partition coefficient (Wildman–Crippen LogP) is 5.62. The van der Waals surface area contributed by atoms with Crippen LogP contribution >= 0.6 is 11.6 Å². The van der Waals surface area contributed by atoms with Crippen LogP contribution in [0.4, 0.5) is 11.6 Å². The number of rotatable bonds is 14. The normalized spacial score (nSPS) is 13.4. The topological polar surface area (TPSA) is 103 Å². The van der Waals surface area contributed by atoms with E-state index in [2.05, 4.69) is 33.7 Å². The van der Waals surface area contributed by atoms with E-state index in [4.69, 9.17) is 30.8 Å². The molecule has 3 heterocycles. The lowest BCUT2D eigenvalue weighted by Crippen LogP contribution is -2.37. The molecule has 5 rings (SSSR count). The Bertz CT molecular complexity index is 1720. The Kier molecular flexibility index (Phi) is 10.7. The molecule has 2 aromatic carbocycles. The highest BCUT2D eigenvalue weighted by atomic mass is 35.5. The summed E-state index contributed by atoms with van der Waals surface area (Å²) in [5.41, 5.74) is 3.92. The summed E-state index contributed by atoms with van der Waals surface area (Å²) < 4.78 is 18.1. The molecule has 1 saturated heterocycles. The molecule has 236 valence electrons. The molecule has 45 heavy (non-hydrogen) atoms. The third kappa shape index (κ3) is 7.83. The van der Waals surface area contributed by atoms with E-state index in [1.165, 1.54) is 7.11 Å². The van der Waals surface area contributed by atoms with Crippen molar-refractivity contribution in [1.29, 1.82) is 0 Å². The first-order valence-electron chi connectivity index (χ1n) is 14.9. The molecule has 0 unspecified atom stereocenters. The monoisotopic (exact) mass is 630 g/mol. The van der Waals surface area contributed by atoms with Crippen LogP contribution < -0.4 is 25.7 Å². The maximum absolute atomic E-state index is 14.2. The third-order valence-corrected chi connectivity index (χ3v) is 8.14. The standard InChI is InChI=1S/C34H39ClN6O4/c1-5-23(2)38-26-9-7-24(8-10-26)11-14-41-32-25(22-37-34(39-32)36-12-6-13-40-15-17-45-18-16-40)19-29(33(41)42)28-20-27(43-3)21-30(44-4)31(28)35/h5,7-10,19-22,38H,1-2,6,11-18H2,3-4H3,(H,36,37,39). The Balaban J connectivity index is 1.46. The number of ether oxygens (including phenoxy) is 3. The van der Waals surface area contributed by atoms with Crippen LogP contribution in [0.2, 0.25) is 5.02 Å². The molecule has 0 atom stereocenters. The molecule has 0 saturated carbocycles. The maximum atomic E-state index is 14.2. The van der Waals surface area contributed by atoms with E-state index in [1.807, 2.05) is 24.3 Å². The first-order chi connectivity index (χ1) is 21.9. The summed E-state index contributed by atoms with van der Waals surface area (Å²) in [5, 5.41) is 7.56. The Labute approximate surface area is 268 Å². The molecule has 4 aromatic rings. The number of halogens is 1. The molecular formula is C34H39ClN6O4. The number of morpholine rings is 1. The van der Waals surface area contributed by atoms with Gasteiger partial charge in [-0.25, -0.2) is 4.98 Å². The minimum Gasteiger partial charge on any atom is -0.497 e. The quantitative estimate of drug-likeness (QED) is 0.136. The lowest BCUT2D eigenvalue weighted by Gasteiger charge is -2.26. The Morgan fingerprint density at radius 2 is 1.87 bits per heavy atom. The van der Waals surface area contributed by atoms with Crippen LogP contribution in [-0.4, -0.2) is 73.0 Å². The zero-order chi connectivity index (χ0) is 31.8. The van der Waals surface area contributed by atoms with Crippen LogP contribution in [-0.2, 0) is 17.7 Å². The minimum atomic E-state index is -0.225. The fourth-order valence-corrected chi connectivity index (χ4v) is 5.53. The fraction of sp³-hybridized carbons (Fsp3) is 0.324. The number of hydrogen-bond donors (Lipinski definition) is 2. The first-order valence-corrected chi connectivity index (χ1v) is 15.3. The minimum absolute atomic E-state index is 0.225. The van der Waals surface area contributed by atoms with Crippen LogP contribution in [0.5, 0.6) is 11.5 Å². The van der Waals surface area contributed by atoms with Gasteiger partial charge >= 0.3 is 0 Å². The van der Waals surface area contributed by atoms with Crippen molar-refractivity contribution in [3.63, 3.8) is 0 Å². The molecule has 2 aromatic heterocycles. The summed E-state index contributed by atoms with van der Waals surface area (Å²) in [7, 11) is 3.09. The molecule has 1 aliphatic heterocycles. The van der Waals surface area contributed by atoms with Gasteiger partial charge in [-0.05, 0) is 55.3 Å². The van der Waals surface area contributed by atoms with Crippen molar-refractivity contribution in [2.75, 3.05) is 64.2 Å².